The minimum atomic E-state index is -0.604. The van der Waals surface area contributed by atoms with E-state index in [1.54, 1.807) is 29.8 Å². The molecule has 4 nitrogen and oxygen atoms in total. The summed E-state index contributed by atoms with van der Waals surface area (Å²) in [6, 6.07) is 5.37. The maximum atomic E-state index is 11.4. The van der Waals surface area contributed by atoms with Crippen LogP contribution in [-0.4, -0.2) is 22.8 Å². The molecule has 2 aromatic rings. The number of esters is 1. The van der Waals surface area contributed by atoms with E-state index >= 15 is 0 Å². The summed E-state index contributed by atoms with van der Waals surface area (Å²) in [6.45, 7) is 1.78. The molecule has 0 bridgehead atoms. The van der Waals surface area contributed by atoms with E-state index in [2.05, 4.69) is 4.74 Å². The van der Waals surface area contributed by atoms with Gasteiger partial charge in [-0.15, -0.1) is 0 Å². The van der Waals surface area contributed by atoms with Gasteiger partial charge in [-0.3, -0.25) is 4.79 Å². The van der Waals surface area contributed by atoms with Crippen LogP contribution >= 0.6 is 11.6 Å². The molecule has 1 atom stereocenters. The largest absolute Gasteiger partial charge is 0.468 e. The number of rotatable bonds is 3. The van der Waals surface area contributed by atoms with Crippen molar-refractivity contribution in [2.75, 3.05) is 7.11 Å². The Kier molecular flexibility index (Phi) is 3.59. The molecule has 1 N–H and O–H groups in total. The predicted octanol–water partition coefficient (Wildman–Crippen LogP) is 2.52. The van der Waals surface area contributed by atoms with E-state index in [9.17, 15) is 9.90 Å². The highest BCUT2D eigenvalue weighted by Crippen LogP contribution is 2.28. The highest BCUT2D eigenvalue weighted by Gasteiger charge is 2.14. The van der Waals surface area contributed by atoms with E-state index in [4.69, 9.17) is 11.6 Å². The number of nitrogens with zero attached hydrogens (tertiary/aromatic N) is 1. The molecule has 0 aliphatic heterocycles. The van der Waals surface area contributed by atoms with E-state index in [1.807, 2.05) is 6.07 Å². The number of benzene rings is 1. The predicted molar refractivity (Wildman–Crippen MR) is 69.6 cm³/mol. The van der Waals surface area contributed by atoms with Crippen LogP contribution < -0.4 is 0 Å². The van der Waals surface area contributed by atoms with Gasteiger partial charge in [-0.25, -0.2) is 0 Å². The van der Waals surface area contributed by atoms with Gasteiger partial charge in [-0.05, 0) is 19.1 Å². The van der Waals surface area contributed by atoms with Crippen LogP contribution in [0.1, 0.15) is 18.6 Å². The van der Waals surface area contributed by atoms with Gasteiger partial charge in [0.1, 0.15) is 6.54 Å². The van der Waals surface area contributed by atoms with Gasteiger partial charge in [0, 0.05) is 22.2 Å². The SMILES string of the molecule is COC(=O)Cn1cc(C(C)O)c2ccc(Cl)cc21. The fraction of sp³-hybridized carbons (Fsp3) is 0.308. The number of hydrogen-bond donors (Lipinski definition) is 1. The first-order chi connectivity index (χ1) is 8.52. The first kappa shape index (κ1) is 12.9. The molecule has 0 amide bonds. The van der Waals surface area contributed by atoms with Crippen molar-refractivity contribution < 1.29 is 14.6 Å². The van der Waals surface area contributed by atoms with Crippen molar-refractivity contribution in [3.8, 4) is 0 Å². The van der Waals surface area contributed by atoms with E-state index in [1.165, 1.54) is 7.11 Å². The van der Waals surface area contributed by atoms with Gasteiger partial charge in [-0.1, -0.05) is 17.7 Å². The number of hydrogen-bond acceptors (Lipinski definition) is 3. The van der Waals surface area contributed by atoms with Crippen LogP contribution in [0, 0.1) is 0 Å². The Bertz CT molecular complexity index is 589. The van der Waals surface area contributed by atoms with Gasteiger partial charge in [0.05, 0.1) is 18.7 Å². The van der Waals surface area contributed by atoms with Crippen molar-refractivity contribution in [2.45, 2.75) is 19.6 Å². The molecule has 5 heteroatoms. The van der Waals surface area contributed by atoms with Crippen LogP contribution in [0.3, 0.4) is 0 Å². The summed E-state index contributed by atoms with van der Waals surface area (Å²) in [7, 11) is 1.34. The van der Waals surface area contributed by atoms with E-state index in [0.29, 0.717) is 5.02 Å². The maximum absolute atomic E-state index is 11.4. The van der Waals surface area contributed by atoms with Crippen LogP contribution in [0.25, 0.3) is 10.9 Å². The molecule has 0 aliphatic carbocycles. The summed E-state index contributed by atoms with van der Waals surface area (Å²) in [4.78, 5) is 11.4. The average molecular weight is 268 g/mol. The first-order valence-electron chi connectivity index (χ1n) is 5.56. The van der Waals surface area contributed by atoms with Gasteiger partial charge in [0.2, 0.25) is 0 Å². The minimum Gasteiger partial charge on any atom is -0.468 e. The van der Waals surface area contributed by atoms with Gasteiger partial charge in [0.25, 0.3) is 0 Å². The summed E-state index contributed by atoms with van der Waals surface area (Å²) < 4.78 is 6.38. The van der Waals surface area contributed by atoms with E-state index in [0.717, 1.165) is 16.5 Å². The van der Waals surface area contributed by atoms with Crippen LogP contribution in [0.4, 0.5) is 0 Å². The number of methoxy groups -OCH3 is 1. The third kappa shape index (κ3) is 2.35. The lowest BCUT2D eigenvalue weighted by Crippen LogP contribution is -2.10. The zero-order valence-electron chi connectivity index (χ0n) is 10.2. The molecule has 1 heterocycles. The minimum absolute atomic E-state index is 0.0973. The highest BCUT2D eigenvalue weighted by atomic mass is 35.5. The third-order valence-corrected chi connectivity index (χ3v) is 3.09. The lowest BCUT2D eigenvalue weighted by Gasteiger charge is -2.03. The van der Waals surface area contributed by atoms with Crippen molar-refractivity contribution in [1.29, 1.82) is 0 Å². The fourth-order valence-electron chi connectivity index (χ4n) is 1.96. The molecular formula is C13H14ClNO3. The zero-order chi connectivity index (χ0) is 13.3. The van der Waals surface area contributed by atoms with Crippen molar-refractivity contribution in [1.82, 2.24) is 4.57 Å². The van der Waals surface area contributed by atoms with Crippen LogP contribution in [-0.2, 0) is 16.1 Å². The average Bonchev–Trinajstić information content (AvgIpc) is 2.67. The quantitative estimate of drug-likeness (QED) is 0.870. The second kappa shape index (κ2) is 5.00. The second-order valence-corrected chi connectivity index (χ2v) is 4.56. The fourth-order valence-corrected chi connectivity index (χ4v) is 2.13. The second-order valence-electron chi connectivity index (χ2n) is 4.13. The molecule has 0 spiro atoms. The Morgan fingerprint density at radius 2 is 2.28 bits per heavy atom. The molecule has 0 aliphatic rings. The third-order valence-electron chi connectivity index (χ3n) is 2.85. The first-order valence-corrected chi connectivity index (χ1v) is 5.94. The van der Waals surface area contributed by atoms with Crippen molar-refractivity contribution in [3.63, 3.8) is 0 Å². The van der Waals surface area contributed by atoms with Gasteiger partial charge < -0.3 is 14.4 Å². The lowest BCUT2D eigenvalue weighted by atomic mass is 10.1. The molecule has 0 saturated carbocycles. The normalized spacial score (nSPS) is 12.7. The summed E-state index contributed by atoms with van der Waals surface area (Å²) >= 11 is 5.96. The van der Waals surface area contributed by atoms with Crippen molar-refractivity contribution >= 4 is 28.5 Å². The number of ether oxygens (including phenoxy) is 1. The molecule has 96 valence electrons. The zero-order valence-corrected chi connectivity index (χ0v) is 10.9. The Hall–Kier alpha value is -1.52. The van der Waals surface area contributed by atoms with Gasteiger partial charge >= 0.3 is 5.97 Å². The lowest BCUT2D eigenvalue weighted by molar-refractivity contribution is -0.141. The number of aliphatic hydroxyl groups excluding tert-OH is 1. The summed E-state index contributed by atoms with van der Waals surface area (Å²) in [5.74, 6) is -0.344. The Morgan fingerprint density at radius 3 is 2.89 bits per heavy atom. The molecular weight excluding hydrogens is 254 g/mol. The van der Waals surface area contributed by atoms with Crippen LogP contribution in [0.15, 0.2) is 24.4 Å². The molecule has 1 aromatic carbocycles. The Morgan fingerprint density at radius 1 is 1.56 bits per heavy atom. The number of carbonyl (C=O) groups excluding carboxylic acids is 1. The molecule has 1 unspecified atom stereocenters. The molecule has 0 saturated heterocycles. The smallest absolute Gasteiger partial charge is 0.325 e. The molecule has 18 heavy (non-hydrogen) atoms. The van der Waals surface area contributed by atoms with E-state index in [-0.39, 0.29) is 12.5 Å². The van der Waals surface area contributed by atoms with E-state index < -0.39 is 6.10 Å². The van der Waals surface area contributed by atoms with Gasteiger partial charge in [-0.2, -0.15) is 0 Å². The number of fused-ring (bicyclic) bond motifs is 1. The monoisotopic (exact) mass is 267 g/mol. The standard InChI is InChI=1S/C13H14ClNO3/c1-8(16)11-6-15(7-13(17)18-2)12-5-9(14)3-4-10(11)12/h3-6,8,16H,7H2,1-2H3. The molecule has 1 aromatic heterocycles. The number of aromatic nitrogens is 1. The molecule has 2 rings (SSSR count). The summed E-state index contributed by atoms with van der Waals surface area (Å²) in [5.41, 5.74) is 1.58. The Labute approximate surface area is 110 Å². The molecule has 0 radical (unpaired) electrons. The van der Waals surface area contributed by atoms with Crippen LogP contribution in [0.2, 0.25) is 5.02 Å². The summed E-state index contributed by atoms with van der Waals surface area (Å²) in [6.07, 6.45) is 1.15. The number of halogens is 1. The van der Waals surface area contributed by atoms with Crippen LogP contribution in [0.5, 0.6) is 0 Å². The maximum Gasteiger partial charge on any atom is 0.325 e. The number of carbonyl (C=O) groups is 1. The highest BCUT2D eigenvalue weighted by molar-refractivity contribution is 6.31. The Balaban J connectivity index is 2.58. The number of aliphatic hydroxyl groups is 1. The van der Waals surface area contributed by atoms with Crippen molar-refractivity contribution in [3.05, 3.63) is 35.0 Å². The molecule has 0 fully saturated rings. The van der Waals surface area contributed by atoms with Gasteiger partial charge in [0.15, 0.2) is 0 Å². The van der Waals surface area contributed by atoms with Crippen molar-refractivity contribution in [2.24, 2.45) is 0 Å². The topological polar surface area (TPSA) is 51.5 Å². The summed E-state index contributed by atoms with van der Waals surface area (Å²) in [5, 5.41) is 11.2.